The molecule has 4 nitrogen and oxygen atoms in total. The zero-order valence-electron chi connectivity index (χ0n) is 13.0. The quantitative estimate of drug-likeness (QED) is 0.868. The van der Waals surface area contributed by atoms with Crippen LogP contribution in [0.25, 0.3) is 6.08 Å². The molecule has 2 heterocycles. The van der Waals surface area contributed by atoms with Gasteiger partial charge in [0.1, 0.15) is 0 Å². The Morgan fingerprint density at radius 3 is 3.00 bits per heavy atom. The molecule has 4 rings (SSSR count). The van der Waals surface area contributed by atoms with Crippen molar-refractivity contribution in [3.8, 4) is 0 Å². The number of nitrogens with one attached hydrogen (secondary N) is 1. The van der Waals surface area contributed by atoms with E-state index in [1.165, 1.54) is 13.0 Å². The van der Waals surface area contributed by atoms with Gasteiger partial charge in [-0.3, -0.25) is 14.6 Å². The largest absolute Gasteiger partial charge is 0.325 e. The smallest absolute Gasteiger partial charge is 0.235 e. The SMILES string of the molecule is CC(=O)C=Cc1cccc([C@H]2C[C@]23C(=O)Nc2ccc(Cl)cc23)n1. The molecule has 1 N–H and O–H groups in total. The number of fused-ring (bicyclic) bond motifs is 2. The van der Waals surface area contributed by atoms with Gasteiger partial charge in [0, 0.05) is 22.3 Å². The third kappa shape index (κ3) is 2.26. The molecular weight excluding hydrogens is 324 g/mol. The molecule has 1 aliphatic heterocycles. The van der Waals surface area contributed by atoms with E-state index in [1.807, 2.05) is 30.3 Å². The van der Waals surface area contributed by atoms with Crippen molar-refractivity contribution < 1.29 is 9.59 Å². The van der Waals surface area contributed by atoms with Crippen LogP contribution in [0.2, 0.25) is 5.02 Å². The summed E-state index contributed by atoms with van der Waals surface area (Å²) in [7, 11) is 0. The highest BCUT2D eigenvalue weighted by Crippen LogP contribution is 2.64. The molecular formula is C19H15ClN2O2. The molecule has 5 heteroatoms. The van der Waals surface area contributed by atoms with Crippen LogP contribution in [0.1, 0.15) is 36.2 Å². The summed E-state index contributed by atoms with van der Waals surface area (Å²) in [6.45, 7) is 1.50. The predicted molar refractivity (Wildman–Crippen MR) is 93.1 cm³/mol. The van der Waals surface area contributed by atoms with Crippen LogP contribution in [0.4, 0.5) is 5.69 Å². The molecule has 2 atom stereocenters. The van der Waals surface area contributed by atoms with Crippen LogP contribution in [0, 0.1) is 0 Å². The number of benzene rings is 1. The summed E-state index contributed by atoms with van der Waals surface area (Å²) in [4.78, 5) is 28.3. The van der Waals surface area contributed by atoms with Crippen LogP contribution in [0.15, 0.2) is 42.5 Å². The van der Waals surface area contributed by atoms with Crippen molar-refractivity contribution in [3.63, 3.8) is 0 Å². The molecule has 0 saturated heterocycles. The van der Waals surface area contributed by atoms with E-state index in [0.717, 1.165) is 29.1 Å². The van der Waals surface area contributed by atoms with Crippen LogP contribution in [-0.2, 0) is 15.0 Å². The number of amides is 1. The topological polar surface area (TPSA) is 59.1 Å². The Morgan fingerprint density at radius 1 is 1.38 bits per heavy atom. The lowest BCUT2D eigenvalue weighted by Gasteiger charge is -2.09. The van der Waals surface area contributed by atoms with Gasteiger partial charge in [0.25, 0.3) is 0 Å². The molecule has 2 aliphatic rings. The highest BCUT2D eigenvalue weighted by atomic mass is 35.5. The predicted octanol–water partition coefficient (Wildman–Crippen LogP) is 3.71. The fourth-order valence-corrected chi connectivity index (χ4v) is 3.65. The van der Waals surface area contributed by atoms with Crippen molar-refractivity contribution in [2.45, 2.75) is 24.7 Å². The second kappa shape index (κ2) is 5.28. The molecule has 1 fully saturated rings. The van der Waals surface area contributed by atoms with Crippen molar-refractivity contribution in [2.75, 3.05) is 5.32 Å². The van der Waals surface area contributed by atoms with E-state index in [-0.39, 0.29) is 17.6 Å². The number of anilines is 1. The number of ketones is 1. The van der Waals surface area contributed by atoms with Gasteiger partial charge in [0.15, 0.2) is 5.78 Å². The lowest BCUT2D eigenvalue weighted by atomic mass is 9.93. The molecule has 1 saturated carbocycles. The van der Waals surface area contributed by atoms with Crippen molar-refractivity contribution in [1.29, 1.82) is 0 Å². The minimum absolute atomic E-state index is 0.0104. The summed E-state index contributed by atoms with van der Waals surface area (Å²) in [5.74, 6) is 0.0166. The van der Waals surface area contributed by atoms with Gasteiger partial charge in [0.2, 0.25) is 5.91 Å². The summed E-state index contributed by atoms with van der Waals surface area (Å²) in [5, 5.41) is 3.57. The highest BCUT2D eigenvalue weighted by Gasteiger charge is 2.65. The van der Waals surface area contributed by atoms with Gasteiger partial charge in [-0.05, 0) is 61.4 Å². The number of carbonyl (C=O) groups excluding carboxylic acids is 2. The zero-order chi connectivity index (χ0) is 16.9. The molecule has 24 heavy (non-hydrogen) atoms. The summed E-state index contributed by atoms with van der Waals surface area (Å²) in [5.41, 5.74) is 2.81. The van der Waals surface area contributed by atoms with Gasteiger partial charge in [-0.1, -0.05) is 17.7 Å². The van der Waals surface area contributed by atoms with Crippen LogP contribution in [0.3, 0.4) is 0 Å². The van der Waals surface area contributed by atoms with Crippen LogP contribution < -0.4 is 5.32 Å². The number of aromatic nitrogens is 1. The maximum atomic E-state index is 12.6. The van der Waals surface area contributed by atoms with Gasteiger partial charge in [-0.15, -0.1) is 0 Å². The second-order valence-electron chi connectivity index (χ2n) is 6.30. The highest BCUT2D eigenvalue weighted by molar-refractivity contribution is 6.31. The number of rotatable bonds is 3. The number of hydrogen-bond acceptors (Lipinski definition) is 3. The molecule has 0 unspecified atom stereocenters. The number of allylic oxidation sites excluding steroid dienone is 1. The number of halogens is 1. The number of pyridine rings is 1. The molecule has 2 aromatic rings. The van der Waals surface area contributed by atoms with Gasteiger partial charge >= 0.3 is 0 Å². The summed E-state index contributed by atoms with van der Waals surface area (Å²) >= 11 is 6.12. The van der Waals surface area contributed by atoms with Crippen LogP contribution >= 0.6 is 11.6 Å². The van der Waals surface area contributed by atoms with E-state index < -0.39 is 5.41 Å². The fourth-order valence-electron chi connectivity index (χ4n) is 3.48. The van der Waals surface area contributed by atoms with Crippen LogP contribution in [0.5, 0.6) is 0 Å². The van der Waals surface area contributed by atoms with Crippen LogP contribution in [-0.4, -0.2) is 16.7 Å². The number of carbonyl (C=O) groups is 2. The monoisotopic (exact) mass is 338 g/mol. The summed E-state index contributed by atoms with van der Waals surface area (Å²) in [6.07, 6.45) is 3.91. The first-order chi connectivity index (χ1) is 11.5. The molecule has 1 aliphatic carbocycles. The standard InChI is InChI=1S/C19H15ClN2O2/c1-11(23)5-7-13-3-2-4-16(21-13)15-10-19(15)14-9-12(20)6-8-17(14)22-18(19)24/h2-9,15H,10H2,1H3,(H,22,24)/t15-,19-/m1/s1. The molecule has 120 valence electrons. The van der Waals surface area contributed by atoms with E-state index in [0.29, 0.717) is 5.02 Å². The number of hydrogen-bond donors (Lipinski definition) is 1. The summed E-state index contributed by atoms with van der Waals surface area (Å²) < 4.78 is 0. The van der Waals surface area contributed by atoms with E-state index in [9.17, 15) is 9.59 Å². The molecule has 0 bridgehead atoms. The Balaban J connectivity index is 1.70. The first-order valence-electron chi connectivity index (χ1n) is 7.78. The van der Waals surface area contributed by atoms with Crippen molar-refractivity contribution in [3.05, 3.63) is 64.4 Å². The molecule has 1 spiro atoms. The molecule has 1 amide bonds. The maximum absolute atomic E-state index is 12.6. The van der Waals surface area contributed by atoms with Gasteiger partial charge in [-0.2, -0.15) is 0 Å². The summed E-state index contributed by atoms with van der Waals surface area (Å²) in [6, 6.07) is 11.2. The first kappa shape index (κ1) is 15.1. The minimum Gasteiger partial charge on any atom is -0.325 e. The lowest BCUT2D eigenvalue weighted by Crippen LogP contribution is -2.21. The van der Waals surface area contributed by atoms with Crippen molar-refractivity contribution >= 4 is 35.1 Å². The van der Waals surface area contributed by atoms with Crippen molar-refractivity contribution in [2.24, 2.45) is 0 Å². The van der Waals surface area contributed by atoms with E-state index >= 15 is 0 Å². The zero-order valence-corrected chi connectivity index (χ0v) is 13.8. The Kier molecular flexibility index (Phi) is 3.32. The van der Waals surface area contributed by atoms with Gasteiger partial charge in [-0.25, -0.2) is 0 Å². The second-order valence-corrected chi connectivity index (χ2v) is 6.74. The van der Waals surface area contributed by atoms with E-state index in [4.69, 9.17) is 11.6 Å². The minimum atomic E-state index is -0.559. The molecule has 0 radical (unpaired) electrons. The first-order valence-corrected chi connectivity index (χ1v) is 8.15. The molecule has 1 aromatic heterocycles. The third-order valence-corrected chi connectivity index (χ3v) is 4.95. The average Bonchev–Trinajstić information content (AvgIpc) is 3.25. The Hall–Kier alpha value is -2.46. The van der Waals surface area contributed by atoms with Crippen molar-refractivity contribution in [1.82, 2.24) is 4.98 Å². The van der Waals surface area contributed by atoms with Gasteiger partial charge in [0.05, 0.1) is 11.1 Å². The van der Waals surface area contributed by atoms with Gasteiger partial charge < -0.3 is 5.32 Å². The van der Waals surface area contributed by atoms with E-state index in [1.54, 1.807) is 12.1 Å². The Bertz CT molecular complexity index is 906. The number of nitrogens with zero attached hydrogens (tertiary/aromatic N) is 1. The maximum Gasteiger partial charge on any atom is 0.235 e. The molecule has 1 aromatic carbocycles. The van der Waals surface area contributed by atoms with E-state index in [2.05, 4.69) is 10.3 Å². The fraction of sp³-hybridized carbons (Fsp3) is 0.211. The Morgan fingerprint density at radius 2 is 2.21 bits per heavy atom. The lowest BCUT2D eigenvalue weighted by molar-refractivity contribution is -0.118. The normalized spacial score (nSPS) is 24.2. The third-order valence-electron chi connectivity index (χ3n) is 4.71. The Labute approximate surface area is 144 Å². The average molecular weight is 339 g/mol.